The lowest BCUT2D eigenvalue weighted by Crippen LogP contribution is -2.60. The van der Waals surface area contributed by atoms with Crippen LogP contribution in [0.3, 0.4) is 0 Å². The lowest BCUT2D eigenvalue weighted by Gasteiger charge is -2.43. The number of amides is 1. The fourth-order valence-electron chi connectivity index (χ4n) is 3.66. The summed E-state index contributed by atoms with van der Waals surface area (Å²) < 4.78 is 0. The molecule has 2 aliphatic rings. The molecule has 0 bridgehead atoms. The van der Waals surface area contributed by atoms with Crippen molar-refractivity contribution in [2.75, 3.05) is 19.6 Å². The highest BCUT2D eigenvalue weighted by atomic mass is 35.5. The first kappa shape index (κ1) is 20.2. The van der Waals surface area contributed by atoms with Crippen LogP contribution in [0.15, 0.2) is 30.3 Å². The normalized spacial score (nSPS) is 25.0. The highest BCUT2D eigenvalue weighted by molar-refractivity contribution is 5.85. The molecule has 130 valence electrons. The van der Waals surface area contributed by atoms with Crippen molar-refractivity contribution in [3.63, 3.8) is 0 Å². The van der Waals surface area contributed by atoms with Crippen molar-refractivity contribution in [1.29, 1.82) is 0 Å². The molecule has 1 amide bonds. The van der Waals surface area contributed by atoms with Gasteiger partial charge in [0.1, 0.15) is 0 Å². The fraction of sp³-hybridized carbons (Fsp3) is 0.588. The summed E-state index contributed by atoms with van der Waals surface area (Å²) in [5.41, 5.74) is 7.30. The summed E-state index contributed by atoms with van der Waals surface area (Å²) in [6.45, 7) is 5.17. The first-order valence-electron chi connectivity index (χ1n) is 7.99. The Bertz CT molecular complexity index is 500. The quantitative estimate of drug-likeness (QED) is 0.898. The van der Waals surface area contributed by atoms with E-state index < -0.39 is 6.04 Å². The molecule has 0 aliphatic carbocycles. The zero-order valence-corrected chi connectivity index (χ0v) is 15.2. The Labute approximate surface area is 151 Å². The number of rotatable bonds is 3. The number of piperazine rings is 1. The molecule has 23 heavy (non-hydrogen) atoms. The van der Waals surface area contributed by atoms with Gasteiger partial charge in [0, 0.05) is 25.2 Å². The summed E-state index contributed by atoms with van der Waals surface area (Å²) in [5, 5.41) is 0. The Hall–Kier alpha value is -0.810. The molecule has 3 rings (SSSR count). The van der Waals surface area contributed by atoms with E-state index in [2.05, 4.69) is 11.8 Å². The third-order valence-electron chi connectivity index (χ3n) is 4.84. The highest BCUT2D eigenvalue weighted by Crippen LogP contribution is 2.25. The Balaban J connectivity index is 0.00000132. The standard InChI is InChI=1S/C17H25N3O.2ClH/c1-13-11-19-9-5-8-15(19)12-20(13)17(21)16(18)10-14-6-3-2-4-7-14;;/h2-4,6-7,13,15-16H,5,8-12,18H2,1H3;2*1H/t13?,15?,16-;;/m0../s1. The van der Waals surface area contributed by atoms with Crippen LogP contribution in [0.25, 0.3) is 0 Å². The van der Waals surface area contributed by atoms with Gasteiger partial charge in [-0.05, 0) is 38.3 Å². The van der Waals surface area contributed by atoms with Crippen molar-refractivity contribution in [1.82, 2.24) is 9.80 Å². The van der Waals surface area contributed by atoms with E-state index in [1.54, 1.807) is 0 Å². The maximum absolute atomic E-state index is 12.7. The van der Waals surface area contributed by atoms with E-state index in [0.717, 1.165) is 18.7 Å². The van der Waals surface area contributed by atoms with E-state index in [9.17, 15) is 4.79 Å². The first-order valence-corrected chi connectivity index (χ1v) is 7.99. The summed E-state index contributed by atoms with van der Waals surface area (Å²) in [6, 6.07) is 10.4. The maximum Gasteiger partial charge on any atom is 0.240 e. The molecule has 2 N–H and O–H groups in total. The summed E-state index contributed by atoms with van der Waals surface area (Å²) in [5.74, 6) is 0.109. The van der Waals surface area contributed by atoms with Gasteiger partial charge in [0.25, 0.3) is 0 Å². The molecule has 4 nitrogen and oxygen atoms in total. The van der Waals surface area contributed by atoms with Crippen LogP contribution in [0.1, 0.15) is 25.3 Å². The minimum absolute atomic E-state index is 0. The summed E-state index contributed by atoms with van der Waals surface area (Å²) in [4.78, 5) is 17.2. The van der Waals surface area contributed by atoms with Gasteiger partial charge < -0.3 is 10.6 Å². The van der Waals surface area contributed by atoms with Crippen molar-refractivity contribution < 1.29 is 4.79 Å². The number of nitrogens with two attached hydrogens (primary N) is 1. The Morgan fingerprint density at radius 2 is 1.96 bits per heavy atom. The molecule has 0 spiro atoms. The fourth-order valence-corrected chi connectivity index (χ4v) is 3.66. The Morgan fingerprint density at radius 3 is 2.65 bits per heavy atom. The highest BCUT2D eigenvalue weighted by Gasteiger charge is 2.37. The molecule has 3 atom stereocenters. The van der Waals surface area contributed by atoms with Crippen molar-refractivity contribution >= 4 is 30.7 Å². The van der Waals surface area contributed by atoms with E-state index in [0.29, 0.717) is 12.5 Å². The number of halogens is 2. The van der Waals surface area contributed by atoms with Gasteiger partial charge >= 0.3 is 0 Å². The van der Waals surface area contributed by atoms with Crippen LogP contribution in [-0.4, -0.2) is 53.5 Å². The average molecular weight is 360 g/mol. The van der Waals surface area contributed by atoms with E-state index >= 15 is 0 Å². The minimum atomic E-state index is -0.428. The predicted octanol–water partition coefficient (Wildman–Crippen LogP) is 2.10. The van der Waals surface area contributed by atoms with E-state index in [4.69, 9.17) is 5.73 Å². The minimum Gasteiger partial charge on any atom is -0.336 e. The third kappa shape index (κ3) is 4.60. The Kier molecular flexibility index (Phi) is 7.81. The van der Waals surface area contributed by atoms with Crippen LogP contribution in [0.4, 0.5) is 0 Å². The summed E-state index contributed by atoms with van der Waals surface area (Å²) >= 11 is 0. The number of carbonyl (C=O) groups excluding carboxylic acids is 1. The van der Waals surface area contributed by atoms with Crippen molar-refractivity contribution in [2.45, 2.75) is 44.3 Å². The number of hydrogen-bond donors (Lipinski definition) is 1. The van der Waals surface area contributed by atoms with Crippen molar-refractivity contribution in [3.8, 4) is 0 Å². The van der Waals surface area contributed by atoms with Gasteiger partial charge in [0.05, 0.1) is 6.04 Å². The van der Waals surface area contributed by atoms with Gasteiger partial charge in [0.2, 0.25) is 5.91 Å². The maximum atomic E-state index is 12.7. The Morgan fingerprint density at radius 1 is 1.26 bits per heavy atom. The number of carbonyl (C=O) groups is 1. The number of benzene rings is 1. The van der Waals surface area contributed by atoms with Crippen molar-refractivity contribution in [2.24, 2.45) is 5.73 Å². The summed E-state index contributed by atoms with van der Waals surface area (Å²) in [6.07, 6.45) is 3.09. The van der Waals surface area contributed by atoms with E-state index in [1.165, 1.54) is 19.4 Å². The lowest BCUT2D eigenvalue weighted by molar-refractivity contribution is -0.138. The molecule has 2 aliphatic heterocycles. The molecule has 2 heterocycles. The second-order valence-electron chi connectivity index (χ2n) is 6.43. The van der Waals surface area contributed by atoms with Crippen LogP contribution in [0.5, 0.6) is 0 Å². The topological polar surface area (TPSA) is 49.6 Å². The smallest absolute Gasteiger partial charge is 0.240 e. The van der Waals surface area contributed by atoms with Gasteiger partial charge in [-0.3, -0.25) is 9.69 Å². The van der Waals surface area contributed by atoms with Crippen LogP contribution in [0, 0.1) is 0 Å². The van der Waals surface area contributed by atoms with Gasteiger partial charge in [-0.25, -0.2) is 0 Å². The SMILES string of the molecule is CC1CN2CCCC2CN1C(=O)[C@@H](N)Cc1ccccc1.Cl.Cl. The predicted molar refractivity (Wildman–Crippen MR) is 98.4 cm³/mol. The number of fused-ring (bicyclic) bond motifs is 1. The monoisotopic (exact) mass is 359 g/mol. The van der Waals surface area contributed by atoms with Crippen LogP contribution >= 0.6 is 24.8 Å². The molecule has 2 saturated heterocycles. The van der Waals surface area contributed by atoms with Crippen LogP contribution < -0.4 is 5.73 Å². The molecule has 1 aromatic carbocycles. The lowest BCUT2D eigenvalue weighted by atomic mass is 10.0. The van der Waals surface area contributed by atoms with Crippen molar-refractivity contribution in [3.05, 3.63) is 35.9 Å². The zero-order chi connectivity index (χ0) is 14.8. The van der Waals surface area contributed by atoms with Crippen LogP contribution in [-0.2, 0) is 11.2 Å². The van der Waals surface area contributed by atoms with Gasteiger partial charge in [0.15, 0.2) is 0 Å². The van der Waals surface area contributed by atoms with Gasteiger partial charge in [-0.15, -0.1) is 24.8 Å². The molecule has 0 saturated carbocycles. The number of nitrogens with zero attached hydrogens (tertiary/aromatic N) is 2. The van der Waals surface area contributed by atoms with E-state index in [1.807, 2.05) is 35.2 Å². The van der Waals surface area contributed by atoms with Gasteiger partial charge in [-0.1, -0.05) is 30.3 Å². The second kappa shape index (κ2) is 8.88. The second-order valence-corrected chi connectivity index (χ2v) is 6.43. The van der Waals surface area contributed by atoms with Gasteiger partial charge in [-0.2, -0.15) is 0 Å². The molecule has 2 fully saturated rings. The third-order valence-corrected chi connectivity index (χ3v) is 4.84. The number of hydrogen-bond acceptors (Lipinski definition) is 3. The van der Waals surface area contributed by atoms with E-state index in [-0.39, 0.29) is 36.8 Å². The van der Waals surface area contributed by atoms with Crippen LogP contribution in [0.2, 0.25) is 0 Å². The summed E-state index contributed by atoms with van der Waals surface area (Å²) in [7, 11) is 0. The average Bonchev–Trinajstić information content (AvgIpc) is 2.93. The molecular weight excluding hydrogens is 333 g/mol. The zero-order valence-electron chi connectivity index (χ0n) is 13.6. The molecular formula is C17H27Cl2N3O. The molecule has 6 heteroatoms. The molecule has 1 aromatic rings. The molecule has 2 unspecified atom stereocenters. The largest absolute Gasteiger partial charge is 0.336 e. The molecule has 0 aromatic heterocycles. The molecule has 0 radical (unpaired) electrons. The first-order chi connectivity index (χ1) is 10.1.